The number of hydrogen-bond donors (Lipinski definition) is 5. The molecule has 3 saturated carbocycles. The smallest absolute Gasteiger partial charge is 0.114 e. The molecule has 36 heavy (non-hydrogen) atoms. The fraction of sp³-hybridized carbons (Fsp3) is 0.800. The van der Waals surface area contributed by atoms with Crippen molar-refractivity contribution >= 4 is 0 Å². The molecule has 6 heteroatoms. The first-order valence-electron chi connectivity index (χ1n) is 14.0. The SMILES string of the molecule is C=C1/C(=C\C=C2/CCC[C@]3(C)[C@@H]([C@H](C)CC(O)CC(C)C)CC[C@@H]23)C[C@@H](O)[C@H](OC[C@@H](O)CO)[C@@H]1O. The molecular weight excluding hydrogens is 456 g/mol. The first-order chi connectivity index (χ1) is 17.0. The number of ether oxygens (including phenoxy) is 1. The van der Waals surface area contributed by atoms with Gasteiger partial charge < -0.3 is 30.3 Å². The molecule has 0 aliphatic heterocycles. The van der Waals surface area contributed by atoms with E-state index in [9.17, 15) is 20.4 Å². The Morgan fingerprint density at radius 2 is 1.81 bits per heavy atom. The molecule has 6 nitrogen and oxygen atoms in total. The molecule has 3 fully saturated rings. The topological polar surface area (TPSA) is 110 Å². The highest BCUT2D eigenvalue weighted by Gasteiger charge is 2.50. The lowest BCUT2D eigenvalue weighted by Crippen LogP contribution is -2.46. The molecule has 0 bridgehead atoms. The van der Waals surface area contributed by atoms with Gasteiger partial charge in [-0.1, -0.05) is 52.0 Å². The van der Waals surface area contributed by atoms with Crippen molar-refractivity contribution in [1.82, 2.24) is 0 Å². The Kier molecular flexibility index (Phi) is 10.4. The number of aliphatic hydroxyl groups is 5. The second-order valence-corrected chi connectivity index (χ2v) is 12.4. The van der Waals surface area contributed by atoms with Crippen LogP contribution in [0.1, 0.15) is 79.1 Å². The molecule has 9 atom stereocenters. The van der Waals surface area contributed by atoms with Gasteiger partial charge in [0.25, 0.3) is 0 Å². The summed E-state index contributed by atoms with van der Waals surface area (Å²) in [6.07, 6.45) is 8.04. The minimum absolute atomic E-state index is 0.153. The third-order valence-corrected chi connectivity index (χ3v) is 9.19. The lowest BCUT2D eigenvalue weighted by molar-refractivity contribution is -0.117. The van der Waals surface area contributed by atoms with E-state index in [4.69, 9.17) is 9.84 Å². The molecule has 0 amide bonds. The molecule has 0 aromatic heterocycles. The highest BCUT2D eigenvalue weighted by Crippen LogP contribution is 2.60. The zero-order valence-electron chi connectivity index (χ0n) is 22.8. The van der Waals surface area contributed by atoms with E-state index in [0.29, 0.717) is 35.7 Å². The Labute approximate surface area is 217 Å². The Balaban J connectivity index is 1.69. The average Bonchev–Trinajstić information content (AvgIpc) is 3.17. The van der Waals surface area contributed by atoms with E-state index in [1.807, 2.05) is 6.08 Å². The molecule has 0 aromatic rings. The number of aliphatic hydroxyl groups excluding tert-OH is 5. The standard InChI is InChI=1S/C30H50O6/c1-18(2)13-23(32)14-19(3)25-10-11-26-21(7-6-12-30(25,26)5)8-9-22-15-27(34)29(28(35)20(22)4)36-17-24(33)16-31/h8-9,18-19,23-29,31-35H,4,6-7,10-17H2,1-3,5H3/b21-8+,22-9-/t19-,23?,24+,25-,26+,27-,28-,29+,30-/m1/s1. The molecule has 1 unspecified atom stereocenters. The number of allylic oxidation sites excluding steroid dienone is 3. The van der Waals surface area contributed by atoms with Crippen LogP contribution in [0.2, 0.25) is 0 Å². The summed E-state index contributed by atoms with van der Waals surface area (Å²) in [4.78, 5) is 0. The normalized spacial score (nSPS) is 37.9. The maximum atomic E-state index is 10.7. The van der Waals surface area contributed by atoms with Crippen LogP contribution in [-0.4, -0.2) is 69.3 Å². The van der Waals surface area contributed by atoms with Crippen molar-refractivity contribution in [1.29, 1.82) is 0 Å². The summed E-state index contributed by atoms with van der Waals surface area (Å²) >= 11 is 0. The molecule has 0 heterocycles. The highest BCUT2D eigenvalue weighted by atomic mass is 16.5. The van der Waals surface area contributed by atoms with Gasteiger partial charge in [0.2, 0.25) is 0 Å². The average molecular weight is 507 g/mol. The maximum Gasteiger partial charge on any atom is 0.114 e. The first kappa shape index (κ1) is 29.5. The summed E-state index contributed by atoms with van der Waals surface area (Å²) in [6, 6.07) is 0. The zero-order valence-corrected chi connectivity index (χ0v) is 22.8. The van der Waals surface area contributed by atoms with Crippen molar-refractivity contribution in [2.24, 2.45) is 29.1 Å². The van der Waals surface area contributed by atoms with Crippen LogP contribution in [0.15, 0.2) is 35.5 Å². The van der Waals surface area contributed by atoms with Gasteiger partial charge in [0.15, 0.2) is 0 Å². The highest BCUT2D eigenvalue weighted by molar-refractivity contribution is 5.40. The van der Waals surface area contributed by atoms with Gasteiger partial charge in [0.1, 0.15) is 18.3 Å². The van der Waals surface area contributed by atoms with Gasteiger partial charge in [-0.3, -0.25) is 0 Å². The molecule has 5 N–H and O–H groups in total. The van der Waals surface area contributed by atoms with Gasteiger partial charge in [0, 0.05) is 6.42 Å². The monoisotopic (exact) mass is 506 g/mol. The molecule has 0 saturated heterocycles. The van der Waals surface area contributed by atoms with Gasteiger partial charge in [-0.15, -0.1) is 0 Å². The summed E-state index contributed by atoms with van der Waals surface area (Å²) in [5.74, 6) is 2.15. The Hall–Kier alpha value is -1.02. The first-order valence-corrected chi connectivity index (χ1v) is 14.0. The van der Waals surface area contributed by atoms with E-state index in [2.05, 4.69) is 40.3 Å². The molecule has 3 aliphatic rings. The molecular formula is C30H50O6. The van der Waals surface area contributed by atoms with Crippen molar-refractivity contribution in [2.75, 3.05) is 13.2 Å². The zero-order chi connectivity index (χ0) is 26.6. The van der Waals surface area contributed by atoms with E-state index in [0.717, 1.165) is 31.3 Å². The van der Waals surface area contributed by atoms with Gasteiger partial charge in [-0.2, -0.15) is 0 Å². The Morgan fingerprint density at radius 3 is 2.47 bits per heavy atom. The van der Waals surface area contributed by atoms with Crippen LogP contribution in [0.5, 0.6) is 0 Å². The lowest BCUT2D eigenvalue weighted by atomic mass is 9.60. The van der Waals surface area contributed by atoms with Crippen molar-refractivity contribution in [3.8, 4) is 0 Å². The summed E-state index contributed by atoms with van der Waals surface area (Å²) in [7, 11) is 0. The quantitative estimate of drug-likeness (QED) is 0.307. The van der Waals surface area contributed by atoms with Crippen molar-refractivity contribution in [2.45, 2.75) is 110 Å². The third-order valence-electron chi connectivity index (χ3n) is 9.19. The van der Waals surface area contributed by atoms with Crippen molar-refractivity contribution in [3.63, 3.8) is 0 Å². The van der Waals surface area contributed by atoms with E-state index in [1.165, 1.54) is 24.8 Å². The molecule has 0 radical (unpaired) electrons. The van der Waals surface area contributed by atoms with Crippen LogP contribution in [-0.2, 0) is 4.74 Å². The molecule has 3 aliphatic carbocycles. The number of hydrogen-bond acceptors (Lipinski definition) is 6. The third kappa shape index (κ3) is 6.69. The fourth-order valence-electron chi connectivity index (χ4n) is 7.38. The van der Waals surface area contributed by atoms with Crippen LogP contribution in [0, 0.1) is 29.1 Å². The lowest BCUT2D eigenvalue weighted by Gasteiger charge is -2.44. The number of rotatable bonds is 10. The second kappa shape index (κ2) is 12.7. The van der Waals surface area contributed by atoms with Crippen LogP contribution >= 0.6 is 0 Å². The van der Waals surface area contributed by atoms with Crippen LogP contribution in [0.25, 0.3) is 0 Å². The molecule has 3 rings (SSSR count). The van der Waals surface area contributed by atoms with E-state index in [1.54, 1.807) is 0 Å². The van der Waals surface area contributed by atoms with Crippen LogP contribution in [0.4, 0.5) is 0 Å². The van der Waals surface area contributed by atoms with Crippen LogP contribution < -0.4 is 0 Å². The molecule has 0 aromatic carbocycles. The minimum Gasteiger partial charge on any atom is -0.394 e. The van der Waals surface area contributed by atoms with E-state index in [-0.39, 0.29) is 18.1 Å². The number of fused-ring (bicyclic) bond motifs is 1. The van der Waals surface area contributed by atoms with Gasteiger partial charge in [-0.25, -0.2) is 0 Å². The maximum absolute atomic E-state index is 10.7. The summed E-state index contributed by atoms with van der Waals surface area (Å²) in [5.41, 5.74) is 3.07. The largest absolute Gasteiger partial charge is 0.394 e. The van der Waals surface area contributed by atoms with E-state index < -0.39 is 31.0 Å². The van der Waals surface area contributed by atoms with Crippen molar-refractivity contribution < 1.29 is 30.3 Å². The summed E-state index contributed by atoms with van der Waals surface area (Å²) < 4.78 is 5.49. The summed E-state index contributed by atoms with van der Waals surface area (Å²) in [5, 5.41) is 50.4. The fourth-order valence-corrected chi connectivity index (χ4v) is 7.38. The van der Waals surface area contributed by atoms with Crippen molar-refractivity contribution in [3.05, 3.63) is 35.5 Å². The predicted molar refractivity (Wildman–Crippen MR) is 142 cm³/mol. The van der Waals surface area contributed by atoms with Gasteiger partial charge >= 0.3 is 0 Å². The van der Waals surface area contributed by atoms with E-state index >= 15 is 0 Å². The van der Waals surface area contributed by atoms with Gasteiger partial charge in [0.05, 0.1) is 25.4 Å². The summed E-state index contributed by atoms with van der Waals surface area (Å²) in [6.45, 7) is 12.6. The minimum atomic E-state index is -1.06. The van der Waals surface area contributed by atoms with Crippen LogP contribution in [0.3, 0.4) is 0 Å². The van der Waals surface area contributed by atoms with Gasteiger partial charge in [-0.05, 0) is 85.2 Å². The molecule has 0 spiro atoms. The Morgan fingerprint density at radius 1 is 1.08 bits per heavy atom. The Bertz CT molecular complexity index is 803. The molecule has 206 valence electrons. The predicted octanol–water partition coefficient (Wildman–Crippen LogP) is 3.91. The second-order valence-electron chi connectivity index (χ2n) is 12.4.